The number of carbonyl (C=O) groups excluding carboxylic acids is 1. The molecular weight excluding hydrogens is 816 g/mol. The summed E-state index contributed by atoms with van der Waals surface area (Å²) in [5.41, 5.74) is 0. The van der Waals surface area contributed by atoms with E-state index in [-0.39, 0.29) is 19.1 Å². The molecule has 0 bridgehead atoms. The van der Waals surface area contributed by atoms with Crippen LogP contribution in [0.15, 0.2) is 48.6 Å². The number of hydrogen-bond donors (Lipinski definition) is 2. The van der Waals surface area contributed by atoms with Gasteiger partial charge in [0.05, 0.1) is 39.9 Å². The second-order valence-corrected chi connectivity index (χ2v) is 21.0. The van der Waals surface area contributed by atoms with Gasteiger partial charge in [-0.05, 0) is 57.8 Å². The molecule has 8 nitrogen and oxygen atoms in total. The van der Waals surface area contributed by atoms with Crippen LogP contribution in [0.1, 0.15) is 245 Å². The molecule has 64 heavy (non-hydrogen) atoms. The third kappa shape index (κ3) is 48.4. The third-order valence-electron chi connectivity index (χ3n) is 12.0. The SMILES string of the molecule is CCCCCCC/C=C\C/C=C\C/C=C\CCCCCCCCCCCCC(=O)NC(COP(=O)([O-])OCC[N+](C)(C)C)C(O)/C=C/CCCCCCCCCCCCCCCCC. The quantitative estimate of drug-likeness (QED) is 0.0272. The van der Waals surface area contributed by atoms with Gasteiger partial charge in [-0.3, -0.25) is 9.36 Å². The van der Waals surface area contributed by atoms with Gasteiger partial charge in [-0.1, -0.05) is 229 Å². The Balaban J connectivity index is 4.26. The van der Waals surface area contributed by atoms with E-state index in [1.165, 1.54) is 173 Å². The Morgan fingerprint density at radius 2 is 0.906 bits per heavy atom. The van der Waals surface area contributed by atoms with Crippen molar-refractivity contribution in [3.63, 3.8) is 0 Å². The van der Waals surface area contributed by atoms with Crippen molar-refractivity contribution in [2.24, 2.45) is 0 Å². The number of carbonyl (C=O) groups is 1. The molecule has 0 aromatic rings. The lowest BCUT2D eigenvalue weighted by atomic mass is 10.0. The first-order valence-electron chi connectivity index (χ1n) is 27.0. The summed E-state index contributed by atoms with van der Waals surface area (Å²) in [7, 11) is 1.26. The van der Waals surface area contributed by atoms with E-state index in [2.05, 4.69) is 55.6 Å². The van der Waals surface area contributed by atoms with E-state index in [1.807, 2.05) is 27.2 Å². The largest absolute Gasteiger partial charge is 0.756 e. The lowest BCUT2D eigenvalue weighted by Crippen LogP contribution is -2.45. The number of allylic oxidation sites excluding steroid dienone is 7. The van der Waals surface area contributed by atoms with E-state index in [4.69, 9.17) is 9.05 Å². The van der Waals surface area contributed by atoms with Gasteiger partial charge < -0.3 is 28.8 Å². The molecule has 0 aromatic heterocycles. The number of likely N-dealkylation sites (N-methyl/N-ethyl adjacent to an activating group) is 1. The Kier molecular flexibility index (Phi) is 45.4. The number of phosphoric ester groups is 1. The summed E-state index contributed by atoms with van der Waals surface area (Å²) in [5.74, 6) is -0.201. The fourth-order valence-corrected chi connectivity index (χ4v) is 8.47. The van der Waals surface area contributed by atoms with Crippen molar-refractivity contribution in [2.45, 2.75) is 257 Å². The van der Waals surface area contributed by atoms with Crippen LogP contribution in [0, 0.1) is 0 Å². The fourth-order valence-electron chi connectivity index (χ4n) is 7.75. The molecule has 3 atom stereocenters. The molecule has 2 N–H and O–H groups in total. The van der Waals surface area contributed by atoms with E-state index in [0.717, 1.165) is 51.4 Å². The van der Waals surface area contributed by atoms with Gasteiger partial charge in [0.15, 0.2) is 0 Å². The summed E-state index contributed by atoms with van der Waals surface area (Å²) in [4.78, 5) is 25.4. The molecular formula is C55H105N2O6P. The van der Waals surface area contributed by atoms with Crippen molar-refractivity contribution in [3.05, 3.63) is 48.6 Å². The topological polar surface area (TPSA) is 108 Å². The number of phosphoric acid groups is 1. The monoisotopic (exact) mass is 921 g/mol. The molecule has 0 radical (unpaired) electrons. The Hall–Kier alpha value is -1.54. The first-order chi connectivity index (χ1) is 31.0. The Morgan fingerprint density at radius 3 is 1.31 bits per heavy atom. The number of nitrogens with zero attached hydrogens (tertiary/aromatic N) is 1. The molecule has 0 aliphatic heterocycles. The number of quaternary nitrogens is 1. The Morgan fingerprint density at radius 1 is 0.547 bits per heavy atom. The maximum atomic E-state index is 12.9. The number of unbranched alkanes of at least 4 members (excludes halogenated alkanes) is 30. The van der Waals surface area contributed by atoms with E-state index >= 15 is 0 Å². The van der Waals surface area contributed by atoms with Crippen LogP contribution in [0.3, 0.4) is 0 Å². The predicted octanol–water partition coefficient (Wildman–Crippen LogP) is 15.3. The van der Waals surface area contributed by atoms with E-state index in [9.17, 15) is 19.4 Å². The average Bonchev–Trinajstić information content (AvgIpc) is 3.25. The lowest BCUT2D eigenvalue weighted by molar-refractivity contribution is -0.870. The Labute approximate surface area is 397 Å². The molecule has 0 spiro atoms. The smallest absolute Gasteiger partial charge is 0.268 e. The van der Waals surface area contributed by atoms with Crippen LogP contribution in [0.2, 0.25) is 0 Å². The van der Waals surface area contributed by atoms with Crippen LogP contribution in [0.25, 0.3) is 0 Å². The molecule has 1 amide bonds. The van der Waals surface area contributed by atoms with Gasteiger partial charge in [0, 0.05) is 6.42 Å². The molecule has 9 heteroatoms. The predicted molar refractivity (Wildman–Crippen MR) is 274 cm³/mol. The molecule has 0 aliphatic carbocycles. The van der Waals surface area contributed by atoms with Gasteiger partial charge >= 0.3 is 0 Å². The number of aliphatic hydroxyl groups is 1. The van der Waals surface area contributed by atoms with Crippen LogP contribution in [0.5, 0.6) is 0 Å². The third-order valence-corrected chi connectivity index (χ3v) is 13.0. The molecule has 0 fully saturated rings. The lowest BCUT2D eigenvalue weighted by Gasteiger charge is -2.29. The van der Waals surface area contributed by atoms with Crippen molar-refractivity contribution in [2.75, 3.05) is 40.9 Å². The van der Waals surface area contributed by atoms with Gasteiger partial charge in [0.25, 0.3) is 7.82 Å². The molecule has 0 saturated carbocycles. The van der Waals surface area contributed by atoms with Crippen LogP contribution < -0.4 is 10.2 Å². The highest BCUT2D eigenvalue weighted by Gasteiger charge is 2.23. The fraction of sp³-hybridized carbons (Fsp3) is 0.836. The van der Waals surface area contributed by atoms with Crippen molar-refractivity contribution in [3.8, 4) is 0 Å². The normalized spacial score (nSPS) is 14.4. The number of amides is 1. The second-order valence-electron chi connectivity index (χ2n) is 19.6. The van der Waals surface area contributed by atoms with Gasteiger partial charge in [-0.15, -0.1) is 0 Å². The molecule has 0 aliphatic rings. The minimum atomic E-state index is -4.60. The summed E-state index contributed by atoms with van der Waals surface area (Å²) in [6.45, 7) is 4.65. The van der Waals surface area contributed by atoms with E-state index in [1.54, 1.807) is 6.08 Å². The Bertz CT molecular complexity index is 1180. The van der Waals surface area contributed by atoms with Gasteiger partial charge in [0.2, 0.25) is 5.91 Å². The number of nitrogens with one attached hydrogen (secondary N) is 1. The second kappa shape index (κ2) is 46.6. The minimum absolute atomic E-state index is 0.00258. The zero-order valence-electron chi connectivity index (χ0n) is 42.7. The number of aliphatic hydroxyl groups excluding tert-OH is 1. The van der Waals surface area contributed by atoms with Gasteiger partial charge in [-0.2, -0.15) is 0 Å². The van der Waals surface area contributed by atoms with Crippen molar-refractivity contribution >= 4 is 13.7 Å². The molecule has 0 rings (SSSR count). The highest BCUT2D eigenvalue weighted by molar-refractivity contribution is 7.45. The number of rotatable bonds is 49. The summed E-state index contributed by atoms with van der Waals surface area (Å²) < 4.78 is 23.3. The van der Waals surface area contributed by atoms with E-state index < -0.39 is 20.0 Å². The number of hydrogen-bond acceptors (Lipinski definition) is 6. The molecule has 376 valence electrons. The molecule has 0 heterocycles. The van der Waals surface area contributed by atoms with Crippen LogP contribution >= 0.6 is 7.82 Å². The van der Waals surface area contributed by atoms with E-state index in [0.29, 0.717) is 17.4 Å². The zero-order chi connectivity index (χ0) is 47.1. The summed E-state index contributed by atoms with van der Waals surface area (Å²) in [5, 5.41) is 13.9. The van der Waals surface area contributed by atoms with Gasteiger partial charge in [-0.25, -0.2) is 0 Å². The highest BCUT2D eigenvalue weighted by Crippen LogP contribution is 2.38. The van der Waals surface area contributed by atoms with Gasteiger partial charge in [0.1, 0.15) is 13.2 Å². The highest BCUT2D eigenvalue weighted by atomic mass is 31.2. The van der Waals surface area contributed by atoms with Crippen molar-refractivity contribution in [1.29, 1.82) is 0 Å². The first kappa shape index (κ1) is 62.5. The molecule has 0 saturated heterocycles. The summed E-state index contributed by atoms with van der Waals surface area (Å²) in [6, 6.07) is -0.890. The maximum absolute atomic E-state index is 12.9. The first-order valence-corrected chi connectivity index (χ1v) is 28.5. The summed E-state index contributed by atoms with van der Waals surface area (Å²) in [6.07, 6.45) is 60.2. The molecule has 3 unspecified atom stereocenters. The minimum Gasteiger partial charge on any atom is -0.756 e. The van der Waals surface area contributed by atoms with Crippen LogP contribution in [-0.2, 0) is 18.4 Å². The standard InChI is InChI=1S/C55H105N2O6P/c1-6-8-10-12-14-16-18-20-22-24-25-26-27-28-29-30-31-33-35-37-39-41-43-45-47-49-55(59)56-53(52-63-64(60,61)62-51-50-57(3,4)5)54(58)48-46-44-42-40-38-36-34-32-23-21-19-17-15-13-11-9-7-2/h18,20,24-25,27-28,46,48,53-54,58H,6-17,19,21-23,26,29-45,47,49-52H2,1-5H3,(H-,56,59,60,61)/b20-18-,25-24-,28-27-,48-46+. The molecule has 0 aromatic carbocycles. The summed E-state index contributed by atoms with van der Waals surface area (Å²) >= 11 is 0. The van der Waals surface area contributed by atoms with Crippen LogP contribution in [0.4, 0.5) is 0 Å². The van der Waals surface area contributed by atoms with Crippen molar-refractivity contribution < 1.29 is 32.9 Å². The van der Waals surface area contributed by atoms with Crippen LogP contribution in [-0.4, -0.2) is 68.5 Å². The van der Waals surface area contributed by atoms with Crippen molar-refractivity contribution in [1.82, 2.24) is 5.32 Å². The average molecular weight is 921 g/mol. The zero-order valence-corrected chi connectivity index (χ0v) is 43.6. The maximum Gasteiger partial charge on any atom is 0.268 e.